The fourth-order valence-electron chi connectivity index (χ4n) is 2.29. The Kier molecular flexibility index (Phi) is 5.76. The monoisotopic (exact) mass is 309 g/mol. The number of piperazine rings is 1. The van der Waals surface area contributed by atoms with E-state index in [1.165, 1.54) is 11.3 Å². The summed E-state index contributed by atoms with van der Waals surface area (Å²) in [6.45, 7) is 7.37. The topological polar surface area (TPSA) is 52.7 Å². The summed E-state index contributed by atoms with van der Waals surface area (Å²) < 4.78 is 0. The molecule has 0 saturated carbocycles. The van der Waals surface area contributed by atoms with Crippen molar-refractivity contribution in [3.05, 3.63) is 22.4 Å². The number of carbonyl (C=O) groups is 2. The zero-order chi connectivity index (χ0) is 15.2. The Labute approximate surface area is 129 Å². The lowest BCUT2D eigenvalue weighted by Gasteiger charge is -2.34. The first-order valence-electron chi connectivity index (χ1n) is 7.44. The van der Waals surface area contributed by atoms with Gasteiger partial charge in [0, 0.05) is 32.2 Å². The molecule has 1 aromatic rings. The van der Waals surface area contributed by atoms with Crippen LogP contribution in [-0.2, 0) is 4.79 Å². The minimum Gasteiger partial charge on any atom is -0.353 e. The van der Waals surface area contributed by atoms with Gasteiger partial charge in [0.2, 0.25) is 5.91 Å². The van der Waals surface area contributed by atoms with Gasteiger partial charge in [-0.15, -0.1) is 11.3 Å². The number of nitrogens with one attached hydrogen (secondary N) is 1. The Balaban J connectivity index is 1.76. The molecule has 1 aromatic heterocycles. The standard InChI is InChI=1S/C15H23N3O2S/c1-3-12(2)16-14(19)11-17-6-8-18(9-7-17)15(20)13-5-4-10-21-13/h4-5,10,12H,3,6-9,11H2,1-2H3,(H,16,19). The Morgan fingerprint density at radius 1 is 1.33 bits per heavy atom. The van der Waals surface area contributed by atoms with E-state index >= 15 is 0 Å². The van der Waals surface area contributed by atoms with Crippen molar-refractivity contribution in [3.63, 3.8) is 0 Å². The Hall–Kier alpha value is -1.40. The second-order valence-corrected chi connectivity index (χ2v) is 6.37. The molecule has 116 valence electrons. The maximum atomic E-state index is 12.2. The fourth-order valence-corrected chi connectivity index (χ4v) is 2.98. The molecule has 0 aliphatic carbocycles. The van der Waals surface area contributed by atoms with E-state index in [0.29, 0.717) is 19.6 Å². The molecule has 1 atom stereocenters. The SMILES string of the molecule is CCC(C)NC(=O)CN1CCN(C(=O)c2cccs2)CC1. The molecule has 5 nitrogen and oxygen atoms in total. The van der Waals surface area contributed by atoms with E-state index < -0.39 is 0 Å². The van der Waals surface area contributed by atoms with E-state index in [2.05, 4.69) is 17.1 Å². The molecule has 2 amide bonds. The Morgan fingerprint density at radius 3 is 2.62 bits per heavy atom. The van der Waals surface area contributed by atoms with Crippen molar-refractivity contribution in [2.24, 2.45) is 0 Å². The van der Waals surface area contributed by atoms with Crippen LogP contribution in [0.25, 0.3) is 0 Å². The number of hydrogen-bond donors (Lipinski definition) is 1. The molecule has 2 heterocycles. The van der Waals surface area contributed by atoms with Gasteiger partial charge in [0.25, 0.3) is 5.91 Å². The van der Waals surface area contributed by atoms with Crippen LogP contribution in [0.5, 0.6) is 0 Å². The molecular formula is C15H23N3O2S. The number of amides is 2. The highest BCUT2D eigenvalue weighted by molar-refractivity contribution is 7.12. The first-order valence-corrected chi connectivity index (χ1v) is 8.32. The van der Waals surface area contributed by atoms with Gasteiger partial charge < -0.3 is 10.2 Å². The fraction of sp³-hybridized carbons (Fsp3) is 0.600. The Bertz CT molecular complexity index is 467. The van der Waals surface area contributed by atoms with Crippen LogP contribution >= 0.6 is 11.3 Å². The summed E-state index contributed by atoms with van der Waals surface area (Å²) in [5, 5.41) is 4.89. The van der Waals surface area contributed by atoms with Gasteiger partial charge in [0.1, 0.15) is 0 Å². The van der Waals surface area contributed by atoms with Gasteiger partial charge in [-0.3, -0.25) is 14.5 Å². The van der Waals surface area contributed by atoms with Crippen molar-refractivity contribution in [1.82, 2.24) is 15.1 Å². The largest absolute Gasteiger partial charge is 0.353 e. The van der Waals surface area contributed by atoms with Crippen LogP contribution in [0.15, 0.2) is 17.5 Å². The molecule has 2 rings (SSSR count). The van der Waals surface area contributed by atoms with Crippen LogP contribution in [0, 0.1) is 0 Å². The highest BCUT2D eigenvalue weighted by Gasteiger charge is 2.23. The summed E-state index contributed by atoms with van der Waals surface area (Å²) in [5.41, 5.74) is 0. The van der Waals surface area contributed by atoms with Gasteiger partial charge in [-0.1, -0.05) is 13.0 Å². The molecule has 1 N–H and O–H groups in total. The second-order valence-electron chi connectivity index (χ2n) is 5.42. The highest BCUT2D eigenvalue weighted by atomic mass is 32.1. The van der Waals surface area contributed by atoms with Crippen molar-refractivity contribution in [3.8, 4) is 0 Å². The lowest BCUT2D eigenvalue weighted by molar-refractivity contribution is -0.123. The van der Waals surface area contributed by atoms with Gasteiger partial charge in [0.15, 0.2) is 0 Å². The number of hydrogen-bond acceptors (Lipinski definition) is 4. The van der Waals surface area contributed by atoms with E-state index in [-0.39, 0.29) is 17.9 Å². The van der Waals surface area contributed by atoms with Crippen LogP contribution in [0.3, 0.4) is 0 Å². The average Bonchev–Trinajstić information content (AvgIpc) is 3.01. The Morgan fingerprint density at radius 2 is 2.05 bits per heavy atom. The third-order valence-electron chi connectivity index (χ3n) is 3.78. The molecule has 0 spiro atoms. The molecule has 0 radical (unpaired) electrons. The number of carbonyl (C=O) groups excluding carboxylic acids is 2. The van der Waals surface area contributed by atoms with Gasteiger partial charge >= 0.3 is 0 Å². The first-order chi connectivity index (χ1) is 10.1. The zero-order valence-corrected chi connectivity index (χ0v) is 13.5. The molecule has 21 heavy (non-hydrogen) atoms. The van der Waals surface area contributed by atoms with Crippen molar-refractivity contribution in [2.45, 2.75) is 26.3 Å². The van der Waals surface area contributed by atoms with E-state index in [1.54, 1.807) is 0 Å². The molecule has 1 unspecified atom stereocenters. The van der Waals surface area contributed by atoms with E-state index in [0.717, 1.165) is 24.4 Å². The molecule has 1 aliphatic heterocycles. The molecule has 1 aliphatic rings. The minimum atomic E-state index is 0.0717. The molecule has 0 bridgehead atoms. The quantitative estimate of drug-likeness (QED) is 0.895. The first kappa shape index (κ1) is 16.0. The third-order valence-corrected chi connectivity index (χ3v) is 4.64. The molecule has 1 saturated heterocycles. The van der Waals surface area contributed by atoms with Crippen molar-refractivity contribution in [2.75, 3.05) is 32.7 Å². The molecular weight excluding hydrogens is 286 g/mol. The summed E-state index contributed by atoms with van der Waals surface area (Å²) in [6, 6.07) is 3.98. The van der Waals surface area contributed by atoms with E-state index in [9.17, 15) is 9.59 Å². The van der Waals surface area contributed by atoms with Crippen LogP contribution in [-0.4, -0.2) is 60.4 Å². The maximum Gasteiger partial charge on any atom is 0.264 e. The van der Waals surface area contributed by atoms with Gasteiger partial charge in [0.05, 0.1) is 11.4 Å². The summed E-state index contributed by atoms with van der Waals surface area (Å²) in [4.78, 5) is 28.8. The van der Waals surface area contributed by atoms with E-state index in [4.69, 9.17) is 0 Å². The zero-order valence-electron chi connectivity index (χ0n) is 12.7. The maximum absolute atomic E-state index is 12.2. The minimum absolute atomic E-state index is 0.0717. The summed E-state index contributed by atoms with van der Waals surface area (Å²) in [7, 11) is 0. The normalized spacial score (nSPS) is 17.5. The second kappa shape index (κ2) is 7.56. The van der Waals surface area contributed by atoms with Crippen LogP contribution < -0.4 is 5.32 Å². The van der Waals surface area contributed by atoms with E-state index in [1.807, 2.05) is 29.3 Å². The van der Waals surface area contributed by atoms with Crippen molar-refractivity contribution >= 4 is 23.2 Å². The van der Waals surface area contributed by atoms with Gasteiger partial charge in [-0.05, 0) is 24.8 Å². The van der Waals surface area contributed by atoms with Crippen molar-refractivity contribution in [1.29, 1.82) is 0 Å². The lowest BCUT2D eigenvalue weighted by Crippen LogP contribution is -2.51. The summed E-state index contributed by atoms with van der Waals surface area (Å²) in [5.74, 6) is 0.177. The number of nitrogens with zero attached hydrogens (tertiary/aromatic N) is 2. The van der Waals surface area contributed by atoms with Crippen LogP contribution in [0.2, 0.25) is 0 Å². The predicted octanol–water partition coefficient (Wildman–Crippen LogP) is 1.42. The van der Waals surface area contributed by atoms with Gasteiger partial charge in [-0.25, -0.2) is 0 Å². The van der Waals surface area contributed by atoms with Gasteiger partial charge in [-0.2, -0.15) is 0 Å². The lowest BCUT2D eigenvalue weighted by atomic mass is 10.2. The van der Waals surface area contributed by atoms with Crippen LogP contribution in [0.1, 0.15) is 29.9 Å². The third kappa shape index (κ3) is 4.54. The average molecular weight is 309 g/mol. The summed E-state index contributed by atoms with van der Waals surface area (Å²) in [6.07, 6.45) is 0.939. The smallest absolute Gasteiger partial charge is 0.264 e. The molecule has 6 heteroatoms. The highest BCUT2D eigenvalue weighted by Crippen LogP contribution is 2.13. The molecule has 1 fully saturated rings. The van der Waals surface area contributed by atoms with Crippen LogP contribution in [0.4, 0.5) is 0 Å². The molecule has 0 aromatic carbocycles. The van der Waals surface area contributed by atoms with Crippen molar-refractivity contribution < 1.29 is 9.59 Å². The number of rotatable bonds is 5. The summed E-state index contributed by atoms with van der Waals surface area (Å²) >= 11 is 1.48. The predicted molar refractivity (Wildman–Crippen MR) is 84.6 cm³/mol. The number of thiophene rings is 1.